The van der Waals surface area contributed by atoms with E-state index in [0.29, 0.717) is 17.3 Å². The molecule has 0 atom stereocenters. The molecule has 1 aromatic carbocycles. The lowest BCUT2D eigenvalue weighted by Crippen LogP contribution is -2.16. The third kappa shape index (κ3) is 3.50. The summed E-state index contributed by atoms with van der Waals surface area (Å²) >= 11 is 0. The molecular weight excluding hydrogens is 352 g/mol. The Morgan fingerprint density at radius 1 is 1.12 bits per heavy atom. The van der Waals surface area contributed by atoms with Crippen LogP contribution in [-0.4, -0.2) is 25.4 Å². The highest BCUT2D eigenvalue weighted by Gasteiger charge is 2.22. The first-order valence-corrected chi connectivity index (χ1v) is 10.2. The van der Waals surface area contributed by atoms with Crippen molar-refractivity contribution < 1.29 is 13.2 Å². The predicted molar refractivity (Wildman–Crippen MR) is 99.7 cm³/mol. The fourth-order valence-corrected chi connectivity index (χ4v) is 4.47. The van der Waals surface area contributed by atoms with Gasteiger partial charge in [-0.3, -0.25) is 9.52 Å². The third-order valence-corrected chi connectivity index (χ3v) is 6.09. The van der Waals surface area contributed by atoms with Gasteiger partial charge in [0.15, 0.2) is 0 Å². The zero-order valence-corrected chi connectivity index (χ0v) is 15.0. The van der Waals surface area contributed by atoms with Crippen molar-refractivity contribution in [3.8, 4) is 0 Å². The van der Waals surface area contributed by atoms with Crippen LogP contribution in [0.4, 0.5) is 17.2 Å². The van der Waals surface area contributed by atoms with Crippen molar-refractivity contribution in [2.45, 2.75) is 43.0 Å². The quantitative estimate of drug-likeness (QED) is 0.749. The number of rotatable bonds is 5. The summed E-state index contributed by atoms with van der Waals surface area (Å²) in [6, 6.07) is 8.55. The van der Waals surface area contributed by atoms with Crippen molar-refractivity contribution in [3.63, 3.8) is 0 Å². The van der Waals surface area contributed by atoms with Gasteiger partial charge < -0.3 is 10.6 Å². The normalized spacial score (nSPS) is 17.0. The summed E-state index contributed by atoms with van der Waals surface area (Å²) in [4.78, 5) is 15.7. The molecule has 7 nitrogen and oxygen atoms in total. The molecule has 0 bridgehead atoms. The Balaban J connectivity index is 1.47. The molecule has 8 heteroatoms. The largest absolute Gasteiger partial charge is 0.381 e. The van der Waals surface area contributed by atoms with E-state index in [1.807, 2.05) is 6.07 Å². The van der Waals surface area contributed by atoms with Crippen LogP contribution in [0.3, 0.4) is 0 Å². The molecule has 2 aliphatic rings. The van der Waals surface area contributed by atoms with Gasteiger partial charge in [-0.2, -0.15) is 0 Å². The van der Waals surface area contributed by atoms with E-state index in [1.165, 1.54) is 25.0 Å². The van der Waals surface area contributed by atoms with E-state index in [0.717, 1.165) is 18.5 Å². The maximum absolute atomic E-state index is 12.6. The van der Waals surface area contributed by atoms with Crippen molar-refractivity contribution in [2.24, 2.45) is 0 Å². The molecule has 26 heavy (non-hydrogen) atoms. The maximum Gasteiger partial charge on any atom is 0.263 e. The Bertz CT molecular complexity index is 935. The number of carbonyl (C=O) groups excluding carboxylic acids is 1. The summed E-state index contributed by atoms with van der Waals surface area (Å²) in [5, 5.41) is 6.10. The van der Waals surface area contributed by atoms with Crippen molar-refractivity contribution >= 4 is 33.1 Å². The van der Waals surface area contributed by atoms with Crippen LogP contribution < -0.4 is 15.4 Å². The van der Waals surface area contributed by atoms with E-state index in [4.69, 9.17) is 0 Å². The Hall–Kier alpha value is -2.61. The molecule has 1 fully saturated rings. The molecule has 1 aliphatic carbocycles. The summed E-state index contributed by atoms with van der Waals surface area (Å²) < 4.78 is 27.6. The van der Waals surface area contributed by atoms with Crippen LogP contribution in [-0.2, 0) is 21.2 Å². The Morgan fingerprint density at radius 3 is 2.65 bits per heavy atom. The average molecular weight is 372 g/mol. The second kappa shape index (κ2) is 6.60. The second-order valence-corrected chi connectivity index (χ2v) is 8.39. The van der Waals surface area contributed by atoms with Crippen molar-refractivity contribution in [2.75, 3.05) is 15.4 Å². The summed E-state index contributed by atoms with van der Waals surface area (Å²) in [5.74, 6) is 0.131. The van der Waals surface area contributed by atoms with E-state index in [2.05, 4.69) is 20.3 Å². The number of aromatic nitrogens is 1. The summed E-state index contributed by atoms with van der Waals surface area (Å²) in [7, 11) is -3.76. The van der Waals surface area contributed by atoms with Crippen molar-refractivity contribution in [1.82, 2.24) is 4.98 Å². The lowest BCUT2D eigenvalue weighted by molar-refractivity contribution is -0.115. The molecule has 1 aliphatic heterocycles. The van der Waals surface area contributed by atoms with Crippen LogP contribution in [0.5, 0.6) is 0 Å². The van der Waals surface area contributed by atoms with E-state index in [-0.39, 0.29) is 23.0 Å². The first-order chi connectivity index (χ1) is 12.5. The fraction of sp³-hybridized carbons (Fsp3) is 0.333. The van der Waals surface area contributed by atoms with Crippen LogP contribution >= 0.6 is 0 Å². The molecule has 3 N–H and O–H groups in total. The van der Waals surface area contributed by atoms with Crippen LogP contribution in [0.25, 0.3) is 0 Å². The summed E-state index contributed by atoms with van der Waals surface area (Å²) in [6.45, 7) is 0. The first-order valence-electron chi connectivity index (χ1n) is 8.68. The van der Waals surface area contributed by atoms with E-state index in [1.54, 1.807) is 18.3 Å². The van der Waals surface area contributed by atoms with Gasteiger partial charge in [0.25, 0.3) is 10.0 Å². The fourth-order valence-electron chi connectivity index (χ4n) is 3.41. The second-order valence-electron chi connectivity index (χ2n) is 6.71. The molecule has 0 spiro atoms. The lowest BCUT2D eigenvalue weighted by Gasteiger charge is -2.14. The number of hydrogen-bond acceptors (Lipinski definition) is 5. The standard InChI is InChI=1S/C18H20N4O3S/c23-18-10-12-9-15(6-7-16(12)21-18)26(24,25)22-17-8-5-14(11-19-17)20-13-3-1-2-4-13/h5-9,11,13,20H,1-4,10H2,(H,19,22)(H,21,23). The molecule has 4 rings (SSSR count). The zero-order valence-electron chi connectivity index (χ0n) is 14.2. The van der Waals surface area contributed by atoms with Gasteiger partial charge in [0.2, 0.25) is 5.91 Å². The summed E-state index contributed by atoms with van der Waals surface area (Å²) in [6.07, 6.45) is 6.63. The Labute approximate surface area is 152 Å². The molecule has 1 saturated carbocycles. The minimum atomic E-state index is -3.76. The smallest absolute Gasteiger partial charge is 0.263 e. The number of nitrogens with zero attached hydrogens (tertiary/aromatic N) is 1. The van der Waals surface area contributed by atoms with Crippen LogP contribution in [0, 0.1) is 0 Å². The number of amides is 1. The number of sulfonamides is 1. The van der Waals surface area contributed by atoms with Gasteiger partial charge in [0.1, 0.15) is 5.82 Å². The molecule has 2 heterocycles. The van der Waals surface area contributed by atoms with Crippen molar-refractivity contribution in [1.29, 1.82) is 0 Å². The number of fused-ring (bicyclic) bond motifs is 1. The third-order valence-electron chi connectivity index (χ3n) is 4.74. The van der Waals surface area contributed by atoms with Crippen LogP contribution in [0.1, 0.15) is 31.2 Å². The molecular formula is C18H20N4O3S. The highest BCUT2D eigenvalue weighted by Crippen LogP contribution is 2.27. The Kier molecular flexibility index (Phi) is 4.28. The topological polar surface area (TPSA) is 100 Å². The maximum atomic E-state index is 12.6. The SMILES string of the molecule is O=C1Cc2cc(S(=O)(=O)Nc3ccc(NC4CCCC4)cn3)ccc2N1. The van der Waals surface area contributed by atoms with E-state index >= 15 is 0 Å². The van der Waals surface area contributed by atoms with Gasteiger partial charge in [0.05, 0.1) is 23.2 Å². The van der Waals surface area contributed by atoms with Gasteiger partial charge in [-0.25, -0.2) is 13.4 Å². The van der Waals surface area contributed by atoms with Crippen LogP contribution in [0.2, 0.25) is 0 Å². The molecule has 1 aromatic heterocycles. The van der Waals surface area contributed by atoms with Gasteiger partial charge >= 0.3 is 0 Å². The molecule has 0 saturated heterocycles. The zero-order chi connectivity index (χ0) is 18.1. The number of pyridine rings is 1. The number of hydrogen-bond donors (Lipinski definition) is 3. The lowest BCUT2D eigenvalue weighted by atomic mass is 10.2. The van der Waals surface area contributed by atoms with Gasteiger partial charge in [-0.05, 0) is 48.7 Å². The number of carbonyl (C=O) groups is 1. The molecule has 1 amide bonds. The van der Waals surface area contributed by atoms with Gasteiger partial charge in [0, 0.05) is 11.7 Å². The minimum Gasteiger partial charge on any atom is -0.381 e. The predicted octanol–water partition coefficient (Wildman–Crippen LogP) is 2.73. The highest BCUT2D eigenvalue weighted by atomic mass is 32.2. The molecule has 2 aromatic rings. The van der Waals surface area contributed by atoms with E-state index < -0.39 is 10.0 Å². The number of anilines is 3. The average Bonchev–Trinajstić information content (AvgIpc) is 3.24. The number of nitrogens with one attached hydrogen (secondary N) is 3. The number of benzene rings is 1. The van der Waals surface area contributed by atoms with Crippen molar-refractivity contribution in [3.05, 3.63) is 42.1 Å². The van der Waals surface area contributed by atoms with Gasteiger partial charge in [-0.1, -0.05) is 12.8 Å². The Morgan fingerprint density at radius 2 is 1.92 bits per heavy atom. The minimum absolute atomic E-state index is 0.114. The summed E-state index contributed by atoms with van der Waals surface area (Å²) in [5.41, 5.74) is 2.23. The monoisotopic (exact) mass is 372 g/mol. The molecule has 136 valence electrons. The van der Waals surface area contributed by atoms with Crippen LogP contribution in [0.15, 0.2) is 41.4 Å². The molecule has 0 unspecified atom stereocenters. The highest BCUT2D eigenvalue weighted by molar-refractivity contribution is 7.92. The molecule has 0 radical (unpaired) electrons. The first kappa shape index (κ1) is 16.8. The van der Waals surface area contributed by atoms with Gasteiger partial charge in [-0.15, -0.1) is 0 Å². The van der Waals surface area contributed by atoms with E-state index in [9.17, 15) is 13.2 Å².